The van der Waals surface area contributed by atoms with E-state index in [9.17, 15) is 4.79 Å². The number of nitrogens with zero attached hydrogens (tertiary/aromatic N) is 3. The minimum atomic E-state index is -0.280. The number of fused-ring (bicyclic) bond motifs is 6. The van der Waals surface area contributed by atoms with Gasteiger partial charge < -0.3 is 14.5 Å². The highest BCUT2D eigenvalue weighted by atomic mass is 16.5. The highest BCUT2D eigenvalue weighted by molar-refractivity contribution is 5.81. The lowest BCUT2D eigenvalue weighted by molar-refractivity contribution is -0.141. The molecular formula is C28H43N3O2. The average molecular weight is 454 g/mol. The van der Waals surface area contributed by atoms with E-state index in [1.165, 1.54) is 17.5 Å². The number of carbonyl (C=O) groups is 1. The van der Waals surface area contributed by atoms with Crippen LogP contribution in [0.5, 0.6) is 5.75 Å². The van der Waals surface area contributed by atoms with Gasteiger partial charge >= 0.3 is 0 Å². The number of likely N-dealkylation sites (N-methyl/N-ethyl adjacent to an activating group) is 2. The van der Waals surface area contributed by atoms with Gasteiger partial charge in [-0.3, -0.25) is 9.69 Å². The van der Waals surface area contributed by atoms with Crippen LogP contribution in [0.3, 0.4) is 0 Å². The van der Waals surface area contributed by atoms with Crippen LogP contribution >= 0.6 is 0 Å². The SMILES string of the molecule is COc1ccc2c(c1)[C@]1(C)C3CC3N(C)[C@H](C2)[C@@H]1N(C)CC1CCN(C(=O)C(C)(C)C)CC1. The van der Waals surface area contributed by atoms with Crippen molar-refractivity contribution in [2.45, 2.75) is 76.9 Å². The monoisotopic (exact) mass is 453 g/mol. The van der Waals surface area contributed by atoms with Crippen molar-refractivity contribution in [2.24, 2.45) is 17.3 Å². The zero-order valence-corrected chi connectivity index (χ0v) is 21.7. The minimum absolute atomic E-state index is 0.168. The van der Waals surface area contributed by atoms with Crippen molar-refractivity contribution in [2.75, 3.05) is 40.8 Å². The van der Waals surface area contributed by atoms with Gasteiger partial charge in [0.05, 0.1) is 7.11 Å². The summed E-state index contributed by atoms with van der Waals surface area (Å²) in [6.45, 7) is 11.6. The molecule has 0 spiro atoms. The zero-order chi connectivity index (χ0) is 23.7. The van der Waals surface area contributed by atoms with E-state index in [2.05, 4.69) is 53.9 Å². The number of amides is 1. The molecule has 5 rings (SSSR count). The van der Waals surface area contributed by atoms with Crippen molar-refractivity contribution >= 4 is 5.91 Å². The van der Waals surface area contributed by atoms with Gasteiger partial charge in [-0.25, -0.2) is 0 Å². The first-order valence-electron chi connectivity index (χ1n) is 12.9. The standard InChI is InChI=1S/C28H43N3O2/c1-27(2,3)26(32)31-12-10-18(11-13-31)17-29(5)25-24-14-19-8-9-20(33-7)15-21(19)28(25,4)22-16-23(22)30(24)6/h8-9,15,18,22-25H,10-14,16-17H2,1-7H3/t22?,23?,24-,25+,28-/m1/s1. The lowest BCUT2D eigenvalue weighted by Gasteiger charge is -2.57. The molecule has 2 bridgehead atoms. The molecule has 0 aromatic heterocycles. The van der Waals surface area contributed by atoms with Crippen LogP contribution in [0.2, 0.25) is 0 Å². The summed E-state index contributed by atoms with van der Waals surface area (Å²) >= 11 is 0. The Balaban J connectivity index is 1.35. The molecule has 5 nitrogen and oxygen atoms in total. The zero-order valence-electron chi connectivity index (χ0n) is 21.7. The van der Waals surface area contributed by atoms with Crippen LogP contribution in [0.25, 0.3) is 0 Å². The van der Waals surface area contributed by atoms with Crippen LogP contribution in [0, 0.1) is 17.3 Å². The lowest BCUT2D eigenvalue weighted by atomic mass is 9.60. The van der Waals surface area contributed by atoms with Gasteiger partial charge in [-0.05, 0) is 74.9 Å². The Hall–Kier alpha value is -1.59. The molecule has 5 atom stereocenters. The van der Waals surface area contributed by atoms with Crippen LogP contribution in [0.1, 0.15) is 58.1 Å². The Morgan fingerprint density at radius 2 is 1.91 bits per heavy atom. The normalized spacial score (nSPS) is 34.1. The molecule has 2 aliphatic heterocycles. The third kappa shape index (κ3) is 3.70. The fourth-order valence-corrected chi connectivity index (χ4v) is 7.63. The van der Waals surface area contributed by atoms with Crippen LogP contribution in [0.4, 0.5) is 0 Å². The van der Waals surface area contributed by atoms with E-state index < -0.39 is 0 Å². The third-order valence-corrected chi connectivity index (χ3v) is 9.44. The summed E-state index contributed by atoms with van der Waals surface area (Å²) in [6.07, 6.45) is 4.68. The molecule has 1 aromatic carbocycles. The molecule has 2 aliphatic carbocycles. The van der Waals surface area contributed by atoms with Crippen molar-refractivity contribution in [3.8, 4) is 5.75 Å². The Morgan fingerprint density at radius 1 is 1.21 bits per heavy atom. The predicted octanol–water partition coefficient (Wildman–Crippen LogP) is 3.80. The van der Waals surface area contributed by atoms with E-state index in [0.29, 0.717) is 23.9 Å². The molecule has 4 aliphatic rings. The summed E-state index contributed by atoms with van der Waals surface area (Å²) in [6, 6.07) is 8.60. The molecule has 2 heterocycles. The fraction of sp³-hybridized carbons (Fsp3) is 0.750. The molecule has 1 saturated carbocycles. The van der Waals surface area contributed by atoms with Gasteiger partial charge in [0.1, 0.15) is 5.75 Å². The molecule has 0 N–H and O–H groups in total. The average Bonchev–Trinajstić information content (AvgIpc) is 3.59. The van der Waals surface area contributed by atoms with Gasteiger partial charge in [-0.1, -0.05) is 33.8 Å². The fourth-order valence-electron chi connectivity index (χ4n) is 7.63. The summed E-state index contributed by atoms with van der Waals surface area (Å²) in [5, 5.41) is 0. The van der Waals surface area contributed by atoms with Gasteiger partial charge in [0, 0.05) is 48.6 Å². The number of hydrogen-bond donors (Lipinski definition) is 0. The van der Waals surface area contributed by atoms with Gasteiger partial charge in [0.15, 0.2) is 0 Å². The van der Waals surface area contributed by atoms with Gasteiger partial charge in [0.2, 0.25) is 5.91 Å². The summed E-state index contributed by atoms with van der Waals surface area (Å²) < 4.78 is 5.65. The maximum atomic E-state index is 12.7. The molecule has 1 aromatic rings. The largest absolute Gasteiger partial charge is 0.497 e. The summed E-state index contributed by atoms with van der Waals surface area (Å²) in [5.74, 6) is 2.68. The number of benzene rings is 1. The van der Waals surface area contributed by atoms with Crippen molar-refractivity contribution in [3.05, 3.63) is 29.3 Å². The number of ether oxygens (including phenoxy) is 1. The van der Waals surface area contributed by atoms with Crippen LogP contribution < -0.4 is 4.74 Å². The van der Waals surface area contributed by atoms with Gasteiger partial charge in [0.25, 0.3) is 0 Å². The molecule has 182 valence electrons. The first kappa shape index (κ1) is 23.2. The number of rotatable bonds is 4. The highest BCUT2D eigenvalue weighted by Gasteiger charge is 2.66. The van der Waals surface area contributed by atoms with E-state index in [1.807, 2.05) is 20.8 Å². The van der Waals surface area contributed by atoms with Crippen LogP contribution in [0.15, 0.2) is 18.2 Å². The second-order valence-corrected chi connectivity index (χ2v) is 12.5. The molecule has 33 heavy (non-hydrogen) atoms. The molecule has 2 saturated heterocycles. The summed E-state index contributed by atoms with van der Waals surface area (Å²) in [7, 11) is 6.51. The Morgan fingerprint density at radius 3 is 2.55 bits per heavy atom. The molecule has 3 fully saturated rings. The first-order chi connectivity index (χ1) is 15.6. The van der Waals surface area contributed by atoms with E-state index in [4.69, 9.17) is 4.74 Å². The van der Waals surface area contributed by atoms with E-state index in [1.54, 1.807) is 7.11 Å². The van der Waals surface area contributed by atoms with Crippen molar-refractivity contribution in [3.63, 3.8) is 0 Å². The Bertz CT molecular complexity index is 916. The van der Waals surface area contributed by atoms with E-state index in [0.717, 1.165) is 56.6 Å². The van der Waals surface area contributed by atoms with Crippen molar-refractivity contribution < 1.29 is 9.53 Å². The van der Waals surface area contributed by atoms with E-state index in [-0.39, 0.29) is 10.8 Å². The quantitative estimate of drug-likeness (QED) is 0.695. The summed E-state index contributed by atoms with van der Waals surface area (Å²) in [5.41, 5.74) is 2.93. The Kier molecular flexibility index (Phi) is 5.60. The van der Waals surface area contributed by atoms with Crippen LogP contribution in [-0.2, 0) is 16.6 Å². The second-order valence-electron chi connectivity index (χ2n) is 12.5. The third-order valence-electron chi connectivity index (χ3n) is 9.44. The van der Waals surface area contributed by atoms with Crippen LogP contribution in [-0.4, -0.2) is 79.6 Å². The molecule has 2 unspecified atom stereocenters. The molecule has 1 amide bonds. The lowest BCUT2D eigenvalue weighted by Crippen LogP contribution is -2.67. The second kappa shape index (κ2) is 7.98. The smallest absolute Gasteiger partial charge is 0.227 e. The van der Waals surface area contributed by atoms with Gasteiger partial charge in [-0.15, -0.1) is 0 Å². The molecular weight excluding hydrogens is 410 g/mol. The van der Waals surface area contributed by atoms with Crippen molar-refractivity contribution in [1.29, 1.82) is 0 Å². The minimum Gasteiger partial charge on any atom is -0.497 e. The highest BCUT2D eigenvalue weighted by Crippen LogP contribution is 2.61. The van der Waals surface area contributed by atoms with E-state index >= 15 is 0 Å². The topological polar surface area (TPSA) is 36.0 Å². The Labute approximate surface area is 200 Å². The predicted molar refractivity (Wildman–Crippen MR) is 133 cm³/mol. The molecule has 5 heteroatoms. The number of hydrogen-bond acceptors (Lipinski definition) is 4. The molecule has 0 radical (unpaired) electrons. The number of methoxy groups -OCH3 is 1. The number of carbonyl (C=O) groups excluding carboxylic acids is 1. The summed E-state index contributed by atoms with van der Waals surface area (Å²) in [4.78, 5) is 20.2. The van der Waals surface area contributed by atoms with Crippen molar-refractivity contribution in [1.82, 2.24) is 14.7 Å². The van der Waals surface area contributed by atoms with Gasteiger partial charge in [-0.2, -0.15) is 0 Å². The maximum Gasteiger partial charge on any atom is 0.227 e. The number of likely N-dealkylation sites (tertiary alicyclic amines) is 2. The maximum absolute atomic E-state index is 12.7. The first-order valence-corrected chi connectivity index (χ1v) is 12.9. The number of piperidine rings is 2.